The summed E-state index contributed by atoms with van der Waals surface area (Å²) in [5, 5.41) is 12.5. The second kappa shape index (κ2) is 4.09. The summed E-state index contributed by atoms with van der Waals surface area (Å²) in [5.74, 6) is -0.393. The second-order valence-corrected chi connectivity index (χ2v) is 4.22. The summed E-state index contributed by atoms with van der Waals surface area (Å²) in [6, 6.07) is 0. The van der Waals surface area contributed by atoms with Crippen LogP contribution < -0.4 is 5.32 Å². The summed E-state index contributed by atoms with van der Waals surface area (Å²) in [6.45, 7) is 5.82. The quantitative estimate of drug-likeness (QED) is 0.685. The first-order chi connectivity index (χ1) is 6.09. The lowest BCUT2D eigenvalue weighted by Crippen LogP contribution is -2.37. The molecule has 1 aliphatic heterocycles. The van der Waals surface area contributed by atoms with Crippen molar-refractivity contribution in [2.24, 2.45) is 11.3 Å². The van der Waals surface area contributed by atoms with E-state index in [0.29, 0.717) is 0 Å². The van der Waals surface area contributed by atoms with E-state index < -0.39 is 11.4 Å². The van der Waals surface area contributed by atoms with Crippen LogP contribution in [0.25, 0.3) is 0 Å². The van der Waals surface area contributed by atoms with Crippen LogP contribution in [0.4, 0.5) is 0 Å². The number of nitrogens with one attached hydrogen (secondary N) is 1. The van der Waals surface area contributed by atoms with Crippen LogP contribution in [0.5, 0.6) is 0 Å². The van der Waals surface area contributed by atoms with Gasteiger partial charge in [-0.25, -0.2) is 0 Å². The molecule has 0 aromatic carbocycles. The minimum absolute atomic E-state index is 0.227. The fraction of sp³-hybridized carbons (Fsp3) is 0.900. The minimum atomic E-state index is -0.619. The van der Waals surface area contributed by atoms with Crippen LogP contribution in [-0.2, 0) is 4.79 Å². The van der Waals surface area contributed by atoms with E-state index >= 15 is 0 Å². The predicted octanol–water partition coefficient (Wildman–Crippen LogP) is 1.49. The molecule has 0 aromatic rings. The average Bonchev–Trinajstić information content (AvgIpc) is 2.28. The predicted molar refractivity (Wildman–Crippen MR) is 51.6 cm³/mol. The van der Waals surface area contributed by atoms with Crippen LogP contribution in [0.15, 0.2) is 0 Å². The Balaban J connectivity index is 2.80. The molecule has 3 heteroatoms. The SMILES string of the molecule is CC(C)C1(C(=O)O)CCCNCC1. The molecule has 0 aromatic heterocycles. The lowest BCUT2D eigenvalue weighted by Gasteiger charge is -2.31. The first-order valence-corrected chi connectivity index (χ1v) is 5.04. The van der Waals surface area contributed by atoms with E-state index in [1.54, 1.807) is 0 Å². The summed E-state index contributed by atoms with van der Waals surface area (Å²) in [6.07, 6.45) is 2.55. The van der Waals surface area contributed by atoms with Gasteiger partial charge in [-0.1, -0.05) is 13.8 Å². The van der Waals surface area contributed by atoms with Gasteiger partial charge in [0.15, 0.2) is 0 Å². The van der Waals surface area contributed by atoms with E-state index in [-0.39, 0.29) is 5.92 Å². The molecule has 1 heterocycles. The highest BCUT2D eigenvalue weighted by Gasteiger charge is 2.41. The highest BCUT2D eigenvalue weighted by molar-refractivity contribution is 5.75. The van der Waals surface area contributed by atoms with Gasteiger partial charge in [-0.05, 0) is 38.3 Å². The van der Waals surface area contributed by atoms with Crippen LogP contribution in [0, 0.1) is 11.3 Å². The monoisotopic (exact) mass is 185 g/mol. The van der Waals surface area contributed by atoms with E-state index in [2.05, 4.69) is 5.32 Å². The van der Waals surface area contributed by atoms with E-state index in [9.17, 15) is 9.90 Å². The molecular weight excluding hydrogens is 166 g/mol. The zero-order valence-electron chi connectivity index (χ0n) is 8.47. The van der Waals surface area contributed by atoms with Gasteiger partial charge in [-0.3, -0.25) is 4.79 Å². The van der Waals surface area contributed by atoms with Crippen molar-refractivity contribution in [2.45, 2.75) is 33.1 Å². The molecule has 0 amide bonds. The number of carbonyl (C=O) groups is 1. The molecule has 1 fully saturated rings. The Bertz CT molecular complexity index is 181. The van der Waals surface area contributed by atoms with Crippen molar-refractivity contribution < 1.29 is 9.90 Å². The largest absolute Gasteiger partial charge is 0.481 e. The smallest absolute Gasteiger partial charge is 0.309 e. The van der Waals surface area contributed by atoms with Crippen molar-refractivity contribution in [3.63, 3.8) is 0 Å². The van der Waals surface area contributed by atoms with Gasteiger partial charge in [0.2, 0.25) is 0 Å². The normalized spacial score (nSPS) is 30.1. The second-order valence-electron chi connectivity index (χ2n) is 4.22. The van der Waals surface area contributed by atoms with Gasteiger partial charge in [-0.15, -0.1) is 0 Å². The molecule has 3 nitrogen and oxygen atoms in total. The summed E-state index contributed by atoms with van der Waals surface area (Å²) in [4.78, 5) is 11.2. The maximum atomic E-state index is 11.2. The Morgan fingerprint density at radius 1 is 1.38 bits per heavy atom. The van der Waals surface area contributed by atoms with Crippen LogP contribution in [0.2, 0.25) is 0 Å². The van der Waals surface area contributed by atoms with Gasteiger partial charge in [0.05, 0.1) is 5.41 Å². The van der Waals surface area contributed by atoms with Crippen molar-refractivity contribution in [3.05, 3.63) is 0 Å². The summed E-state index contributed by atoms with van der Waals surface area (Å²) in [5.41, 5.74) is -0.483. The standard InChI is InChI=1S/C10H19NO2/c1-8(2)10(9(12)13)4-3-6-11-7-5-10/h8,11H,3-7H2,1-2H3,(H,12,13). The number of hydrogen-bond acceptors (Lipinski definition) is 2. The summed E-state index contributed by atoms with van der Waals surface area (Å²) in [7, 11) is 0. The Hall–Kier alpha value is -0.570. The van der Waals surface area contributed by atoms with Gasteiger partial charge < -0.3 is 10.4 Å². The number of aliphatic carboxylic acids is 1. The number of rotatable bonds is 2. The highest BCUT2D eigenvalue weighted by Crippen LogP contribution is 2.37. The molecule has 1 unspecified atom stereocenters. The lowest BCUT2D eigenvalue weighted by molar-refractivity contribution is -0.152. The maximum Gasteiger partial charge on any atom is 0.309 e. The Labute approximate surface area is 79.5 Å². The van der Waals surface area contributed by atoms with Crippen LogP contribution in [0.1, 0.15) is 33.1 Å². The molecule has 0 spiro atoms. The molecular formula is C10H19NO2. The van der Waals surface area contributed by atoms with Crippen molar-refractivity contribution in [3.8, 4) is 0 Å². The molecule has 0 saturated carbocycles. The van der Waals surface area contributed by atoms with Crippen molar-refractivity contribution in [1.29, 1.82) is 0 Å². The number of hydrogen-bond donors (Lipinski definition) is 2. The zero-order chi connectivity index (χ0) is 9.90. The zero-order valence-corrected chi connectivity index (χ0v) is 8.47. The average molecular weight is 185 g/mol. The van der Waals surface area contributed by atoms with Crippen molar-refractivity contribution >= 4 is 5.97 Å². The molecule has 76 valence electrons. The molecule has 0 bridgehead atoms. The maximum absolute atomic E-state index is 11.2. The first kappa shape index (κ1) is 10.5. The number of carboxylic acids is 1. The van der Waals surface area contributed by atoms with Gasteiger partial charge in [0, 0.05) is 0 Å². The topological polar surface area (TPSA) is 49.3 Å². The number of carboxylic acid groups (broad SMARTS) is 1. The van der Waals surface area contributed by atoms with Crippen LogP contribution >= 0.6 is 0 Å². The van der Waals surface area contributed by atoms with Gasteiger partial charge in [0.25, 0.3) is 0 Å². The third-order valence-electron chi connectivity index (χ3n) is 3.26. The van der Waals surface area contributed by atoms with Gasteiger partial charge in [-0.2, -0.15) is 0 Å². The minimum Gasteiger partial charge on any atom is -0.481 e. The summed E-state index contributed by atoms with van der Waals surface area (Å²) < 4.78 is 0. The highest BCUT2D eigenvalue weighted by atomic mass is 16.4. The molecule has 1 saturated heterocycles. The Morgan fingerprint density at radius 3 is 2.62 bits per heavy atom. The fourth-order valence-electron chi connectivity index (χ4n) is 2.13. The third kappa shape index (κ3) is 2.02. The molecule has 1 atom stereocenters. The van der Waals surface area contributed by atoms with Gasteiger partial charge in [0.1, 0.15) is 0 Å². The molecule has 13 heavy (non-hydrogen) atoms. The molecule has 0 aliphatic carbocycles. The van der Waals surface area contributed by atoms with E-state index in [1.807, 2.05) is 13.8 Å². The Kier molecular flexibility index (Phi) is 3.31. The van der Waals surface area contributed by atoms with Crippen LogP contribution in [-0.4, -0.2) is 24.2 Å². The Morgan fingerprint density at radius 2 is 2.08 bits per heavy atom. The van der Waals surface area contributed by atoms with Crippen molar-refractivity contribution in [1.82, 2.24) is 5.32 Å². The molecule has 0 radical (unpaired) electrons. The van der Waals surface area contributed by atoms with Crippen molar-refractivity contribution in [2.75, 3.05) is 13.1 Å². The fourth-order valence-corrected chi connectivity index (χ4v) is 2.13. The summed E-state index contributed by atoms with van der Waals surface area (Å²) >= 11 is 0. The molecule has 1 aliphatic rings. The van der Waals surface area contributed by atoms with Gasteiger partial charge >= 0.3 is 5.97 Å². The molecule has 2 N–H and O–H groups in total. The van der Waals surface area contributed by atoms with Crippen LogP contribution in [0.3, 0.4) is 0 Å². The third-order valence-corrected chi connectivity index (χ3v) is 3.26. The lowest BCUT2D eigenvalue weighted by atomic mass is 9.72. The van der Waals surface area contributed by atoms with E-state index in [0.717, 1.165) is 32.4 Å². The first-order valence-electron chi connectivity index (χ1n) is 5.04. The van der Waals surface area contributed by atoms with E-state index in [4.69, 9.17) is 0 Å². The molecule has 1 rings (SSSR count). The van der Waals surface area contributed by atoms with E-state index in [1.165, 1.54) is 0 Å².